The van der Waals surface area contributed by atoms with Crippen molar-refractivity contribution >= 4 is 35.2 Å². The Kier molecular flexibility index (Phi) is 7.48. The lowest BCUT2D eigenvalue weighted by atomic mass is 9.78. The molecule has 0 aromatic heterocycles. The monoisotopic (exact) mass is 538 g/mol. The molecule has 2 saturated heterocycles. The second-order valence-electron chi connectivity index (χ2n) is 11.4. The quantitative estimate of drug-likeness (QED) is 0.453. The first-order valence-corrected chi connectivity index (χ1v) is 14.6. The fraction of sp³-hybridized carbons (Fsp3) is 0.567. The number of likely N-dealkylation sites (tertiary alicyclic amines) is 1. The van der Waals surface area contributed by atoms with Gasteiger partial charge in [0.2, 0.25) is 5.91 Å². The molecule has 0 radical (unpaired) electrons. The van der Waals surface area contributed by atoms with Crippen LogP contribution in [0.5, 0.6) is 0 Å². The average Bonchev–Trinajstić information content (AvgIpc) is 3.29. The predicted octanol–water partition coefficient (Wildman–Crippen LogP) is 3.80. The number of thioether (sulfide) groups is 1. The Balaban J connectivity index is 1.66. The number of rotatable bonds is 5. The van der Waals surface area contributed by atoms with Crippen LogP contribution < -0.4 is 4.90 Å². The molecule has 1 unspecified atom stereocenters. The van der Waals surface area contributed by atoms with E-state index in [0.717, 1.165) is 29.7 Å². The lowest BCUT2D eigenvalue weighted by Gasteiger charge is -2.39. The third-order valence-corrected chi connectivity index (χ3v) is 10.0. The maximum absolute atomic E-state index is 14.6. The first-order valence-electron chi connectivity index (χ1n) is 13.7. The first-order chi connectivity index (χ1) is 18.2. The van der Waals surface area contributed by atoms with Crippen molar-refractivity contribution in [2.45, 2.75) is 69.0 Å². The van der Waals surface area contributed by atoms with Gasteiger partial charge in [-0.3, -0.25) is 14.4 Å². The van der Waals surface area contributed by atoms with Crippen LogP contribution in [0.4, 0.5) is 5.69 Å². The standard InChI is InChI=1S/C30H38N2O5S/c1-18(2)15-21(17-33)32-26-28(35)31(22-16-19(3)10-11-20(22)4)13-8-12-30(26)25(27(32)34)24-23(38-30)9-6-5-7-14-37-29(24)36/h6,8-12,16,18,21,23-26,33H,5,7,13-15,17H2,1-4H3/b9-6-/t21-,23+,24-,25+,26?,30+/m1/s1. The third-order valence-electron chi connectivity index (χ3n) is 8.29. The predicted molar refractivity (Wildman–Crippen MR) is 149 cm³/mol. The molecule has 4 aliphatic heterocycles. The third kappa shape index (κ3) is 4.39. The van der Waals surface area contributed by atoms with Gasteiger partial charge >= 0.3 is 5.97 Å². The van der Waals surface area contributed by atoms with E-state index in [1.54, 1.807) is 21.6 Å². The highest BCUT2D eigenvalue weighted by Crippen LogP contribution is 2.61. The molecule has 1 aromatic carbocycles. The van der Waals surface area contributed by atoms with Gasteiger partial charge in [0, 0.05) is 17.5 Å². The van der Waals surface area contributed by atoms with Crippen LogP contribution in [0.2, 0.25) is 0 Å². The number of aryl methyl sites for hydroxylation is 2. The number of anilines is 1. The Labute approximate surface area is 229 Å². The van der Waals surface area contributed by atoms with Crippen molar-refractivity contribution in [3.8, 4) is 0 Å². The minimum absolute atomic E-state index is 0.168. The summed E-state index contributed by atoms with van der Waals surface area (Å²) >= 11 is 1.54. The van der Waals surface area contributed by atoms with Gasteiger partial charge in [0.1, 0.15) is 6.04 Å². The van der Waals surface area contributed by atoms with Crippen LogP contribution in [0, 0.1) is 31.6 Å². The van der Waals surface area contributed by atoms with E-state index >= 15 is 0 Å². The fourth-order valence-corrected chi connectivity index (χ4v) is 8.62. The molecule has 1 spiro atoms. The number of cyclic esters (lactones) is 1. The Morgan fingerprint density at radius 3 is 2.68 bits per heavy atom. The zero-order valence-electron chi connectivity index (χ0n) is 22.6. The second kappa shape index (κ2) is 10.5. The lowest BCUT2D eigenvalue weighted by Crippen LogP contribution is -2.57. The minimum atomic E-state index is -0.928. The Hall–Kier alpha value is -2.58. The molecule has 4 aliphatic rings. The number of fused-ring (bicyclic) bond motifs is 2. The number of hydrogen-bond donors (Lipinski definition) is 1. The molecule has 5 rings (SSSR count). The second-order valence-corrected chi connectivity index (χ2v) is 12.9. The van der Waals surface area contributed by atoms with Gasteiger partial charge in [-0.1, -0.05) is 50.3 Å². The molecule has 8 heteroatoms. The SMILES string of the molecule is Cc1ccc(C)c(N2CC=C[C@]34S[C@H]5/C=C\CCCOC(=O)[C@H]5[C@H]3C(=O)N([C@@H](CO)CC(C)C)C4C2=O)c1. The number of amides is 2. The molecule has 1 N–H and O–H groups in total. The van der Waals surface area contributed by atoms with Gasteiger partial charge in [-0.2, -0.15) is 0 Å². The molecule has 0 saturated carbocycles. The van der Waals surface area contributed by atoms with Crippen LogP contribution in [0.25, 0.3) is 0 Å². The van der Waals surface area contributed by atoms with E-state index in [2.05, 4.69) is 6.08 Å². The fourth-order valence-electron chi connectivity index (χ4n) is 6.63. The number of benzene rings is 1. The van der Waals surface area contributed by atoms with Crippen molar-refractivity contribution in [1.29, 1.82) is 0 Å². The van der Waals surface area contributed by atoms with Crippen LogP contribution in [0.1, 0.15) is 44.2 Å². The zero-order valence-corrected chi connectivity index (χ0v) is 23.4. The number of carbonyl (C=O) groups excluding carboxylic acids is 3. The van der Waals surface area contributed by atoms with Crippen LogP contribution in [0.3, 0.4) is 0 Å². The summed E-state index contributed by atoms with van der Waals surface area (Å²) in [6.45, 7) is 8.52. The van der Waals surface area contributed by atoms with Gasteiger partial charge < -0.3 is 19.6 Å². The Morgan fingerprint density at radius 1 is 1.16 bits per heavy atom. The molecular formula is C30H38N2O5S. The van der Waals surface area contributed by atoms with E-state index in [-0.39, 0.29) is 35.6 Å². The summed E-state index contributed by atoms with van der Waals surface area (Å²) in [6, 6.07) is 4.68. The van der Waals surface area contributed by atoms with Crippen LogP contribution in [-0.2, 0) is 19.1 Å². The van der Waals surface area contributed by atoms with Crippen LogP contribution >= 0.6 is 11.8 Å². The maximum Gasteiger partial charge on any atom is 0.311 e. The van der Waals surface area contributed by atoms with Crippen molar-refractivity contribution in [2.24, 2.45) is 17.8 Å². The van der Waals surface area contributed by atoms with Crippen molar-refractivity contribution in [3.63, 3.8) is 0 Å². The topological polar surface area (TPSA) is 87.2 Å². The van der Waals surface area contributed by atoms with E-state index in [1.807, 2.05) is 64.1 Å². The zero-order chi connectivity index (χ0) is 27.2. The maximum atomic E-state index is 14.6. The van der Waals surface area contributed by atoms with E-state index < -0.39 is 28.7 Å². The van der Waals surface area contributed by atoms with Crippen LogP contribution in [-0.4, -0.2) is 69.6 Å². The number of nitrogens with zero attached hydrogens (tertiary/aromatic N) is 2. The number of carbonyl (C=O) groups is 3. The number of esters is 1. The van der Waals surface area contributed by atoms with Gasteiger partial charge in [0.15, 0.2) is 0 Å². The van der Waals surface area contributed by atoms with Gasteiger partial charge in [-0.05, 0) is 56.2 Å². The van der Waals surface area contributed by atoms with Gasteiger partial charge in [0.05, 0.1) is 35.8 Å². The number of hydrogen-bond acceptors (Lipinski definition) is 6. The van der Waals surface area contributed by atoms with E-state index in [0.29, 0.717) is 19.6 Å². The summed E-state index contributed by atoms with van der Waals surface area (Å²) in [4.78, 5) is 45.8. The van der Waals surface area contributed by atoms with Crippen molar-refractivity contribution in [2.75, 3.05) is 24.7 Å². The molecule has 1 aromatic rings. The summed E-state index contributed by atoms with van der Waals surface area (Å²) in [5.74, 6) is -1.99. The van der Waals surface area contributed by atoms with Gasteiger partial charge in [-0.15, -0.1) is 11.8 Å². The van der Waals surface area contributed by atoms with Crippen molar-refractivity contribution < 1.29 is 24.2 Å². The summed E-state index contributed by atoms with van der Waals surface area (Å²) in [7, 11) is 0. The smallest absolute Gasteiger partial charge is 0.311 e. The highest BCUT2D eigenvalue weighted by Gasteiger charge is 2.71. The molecule has 2 fully saturated rings. The Bertz CT molecular complexity index is 1180. The molecule has 4 heterocycles. The average molecular weight is 539 g/mol. The summed E-state index contributed by atoms with van der Waals surface area (Å²) < 4.78 is 4.71. The highest BCUT2D eigenvalue weighted by molar-refractivity contribution is 8.02. The van der Waals surface area contributed by atoms with Crippen LogP contribution in [0.15, 0.2) is 42.5 Å². The van der Waals surface area contributed by atoms with Gasteiger partial charge in [-0.25, -0.2) is 0 Å². The summed E-state index contributed by atoms with van der Waals surface area (Å²) in [6.07, 6.45) is 10.2. The molecule has 6 atom stereocenters. The minimum Gasteiger partial charge on any atom is -0.465 e. The van der Waals surface area contributed by atoms with Gasteiger partial charge in [0.25, 0.3) is 5.91 Å². The molecular weight excluding hydrogens is 500 g/mol. The first kappa shape index (κ1) is 27.0. The van der Waals surface area contributed by atoms with E-state index in [4.69, 9.17) is 4.74 Å². The van der Waals surface area contributed by atoms with Crippen molar-refractivity contribution in [3.05, 3.63) is 53.6 Å². The largest absolute Gasteiger partial charge is 0.465 e. The van der Waals surface area contributed by atoms with E-state index in [9.17, 15) is 19.5 Å². The number of aliphatic hydroxyl groups is 1. The molecule has 38 heavy (non-hydrogen) atoms. The Morgan fingerprint density at radius 2 is 1.95 bits per heavy atom. The number of allylic oxidation sites excluding steroid dienone is 1. The summed E-state index contributed by atoms with van der Waals surface area (Å²) in [5.41, 5.74) is 2.84. The number of ether oxygens (including phenoxy) is 1. The normalized spacial score (nSPS) is 32.6. The molecule has 2 amide bonds. The molecule has 0 bridgehead atoms. The summed E-state index contributed by atoms with van der Waals surface area (Å²) in [5, 5.41) is 10.2. The molecule has 204 valence electrons. The van der Waals surface area contributed by atoms with Crippen molar-refractivity contribution in [1.82, 2.24) is 4.90 Å². The van der Waals surface area contributed by atoms with E-state index in [1.165, 1.54) is 0 Å². The molecule has 0 aliphatic carbocycles. The lowest BCUT2D eigenvalue weighted by molar-refractivity contribution is -0.153. The number of aliphatic hydroxyl groups excluding tert-OH is 1. The highest BCUT2D eigenvalue weighted by atomic mass is 32.2. The molecule has 7 nitrogen and oxygen atoms in total.